The number of ether oxygens (including phenoxy) is 2. The van der Waals surface area contributed by atoms with E-state index in [0.29, 0.717) is 12.3 Å². The average molecular weight is 205 g/mol. The van der Waals surface area contributed by atoms with Crippen LogP contribution in [0.25, 0.3) is 0 Å². The van der Waals surface area contributed by atoms with Crippen LogP contribution in [0.2, 0.25) is 0 Å². The van der Waals surface area contributed by atoms with Gasteiger partial charge in [0.15, 0.2) is 11.5 Å². The third kappa shape index (κ3) is 1.93. The maximum Gasteiger partial charge on any atom is 0.243 e. The molecule has 2 rings (SSSR count). The van der Waals surface area contributed by atoms with E-state index in [1.165, 1.54) is 6.08 Å². The first-order valence-corrected chi connectivity index (χ1v) is 4.59. The average Bonchev–Trinajstić information content (AvgIpc) is 2.74. The third-order valence-corrected chi connectivity index (χ3v) is 2.12. The quantitative estimate of drug-likeness (QED) is 0.755. The van der Waals surface area contributed by atoms with Crippen LogP contribution < -0.4 is 14.8 Å². The van der Waals surface area contributed by atoms with E-state index in [0.717, 1.165) is 11.3 Å². The van der Waals surface area contributed by atoms with E-state index in [1.807, 2.05) is 18.2 Å². The van der Waals surface area contributed by atoms with Crippen LogP contribution in [0.3, 0.4) is 0 Å². The number of fused-ring (bicyclic) bond motifs is 1. The van der Waals surface area contributed by atoms with Crippen molar-refractivity contribution in [1.29, 1.82) is 0 Å². The molecule has 0 spiro atoms. The molecule has 1 N–H and O–H groups in total. The number of hydrogen-bond acceptors (Lipinski definition) is 3. The predicted molar refractivity (Wildman–Crippen MR) is 54.6 cm³/mol. The van der Waals surface area contributed by atoms with Crippen LogP contribution in [0.1, 0.15) is 5.56 Å². The molecule has 0 unspecified atom stereocenters. The number of nitrogens with one attached hydrogen (secondary N) is 1. The molecule has 0 aliphatic carbocycles. The topological polar surface area (TPSA) is 47.6 Å². The fourth-order valence-corrected chi connectivity index (χ4v) is 1.38. The van der Waals surface area contributed by atoms with Crippen LogP contribution in [0.5, 0.6) is 11.5 Å². The molecule has 4 heteroatoms. The lowest BCUT2D eigenvalue weighted by Gasteiger charge is -2.05. The van der Waals surface area contributed by atoms with Gasteiger partial charge in [0.1, 0.15) is 0 Å². The molecule has 0 aromatic heterocycles. The summed E-state index contributed by atoms with van der Waals surface area (Å²) in [5.41, 5.74) is 0.903. The van der Waals surface area contributed by atoms with Gasteiger partial charge in [0, 0.05) is 12.1 Å². The highest BCUT2D eigenvalue weighted by atomic mass is 16.7. The van der Waals surface area contributed by atoms with Gasteiger partial charge in [-0.2, -0.15) is 0 Å². The van der Waals surface area contributed by atoms with Crippen molar-refractivity contribution in [3.63, 3.8) is 0 Å². The van der Waals surface area contributed by atoms with E-state index in [1.54, 1.807) is 0 Å². The van der Waals surface area contributed by atoms with Crippen molar-refractivity contribution in [1.82, 2.24) is 5.32 Å². The lowest BCUT2D eigenvalue weighted by molar-refractivity contribution is -0.116. The fourth-order valence-electron chi connectivity index (χ4n) is 1.38. The zero-order valence-electron chi connectivity index (χ0n) is 8.16. The minimum atomic E-state index is -0.202. The number of para-hydroxylation sites is 1. The molecule has 4 nitrogen and oxygen atoms in total. The van der Waals surface area contributed by atoms with Crippen LogP contribution in [0.4, 0.5) is 0 Å². The molecule has 0 radical (unpaired) electrons. The molecule has 78 valence electrons. The van der Waals surface area contributed by atoms with E-state index in [4.69, 9.17) is 9.47 Å². The molecule has 1 aliphatic heterocycles. The minimum Gasteiger partial charge on any atom is -0.454 e. The van der Waals surface area contributed by atoms with E-state index >= 15 is 0 Å². The smallest absolute Gasteiger partial charge is 0.243 e. The van der Waals surface area contributed by atoms with Crippen molar-refractivity contribution in [2.75, 3.05) is 6.79 Å². The second-order valence-corrected chi connectivity index (χ2v) is 3.07. The largest absolute Gasteiger partial charge is 0.454 e. The Labute approximate surface area is 87.5 Å². The Morgan fingerprint density at radius 3 is 3.20 bits per heavy atom. The van der Waals surface area contributed by atoms with Crippen molar-refractivity contribution >= 4 is 5.91 Å². The first-order chi connectivity index (χ1) is 7.31. The second kappa shape index (κ2) is 4.04. The number of carbonyl (C=O) groups excluding carboxylic acids is 1. The van der Waals surface area contributed by atoms with E-state index in [-0.39, 0.29) is 12.7 Å². The number of hydrogen-bond donors (Lipinski definition) is 1. The van der Waals surface area contributed by atoms with Gasteiger partial charge in [-0.3, -0.25) is 4.79 Å². The monoisotopic (exact) mass is 205 g/mol. The van der Waals surface area contributed by atoms with Crippen LogP contribution in [-0.2, 0) is 11.3 Å². The molecule has 1 aromatic rings. The maximum absolute atomic E-state index is 11.0. The van der Waals surface area contributed by atoms with Gasteiger partial charge in [0.05, 0.1) is 0 Å². The molecule has 0 saturated heterocycles. The number of carbonyl (C=O) groups is 1. The van der Waals surface area contributed by atoms with Gasteiger partial charge in [-0.1, -0.05) is 18.7 Å². The molecule has 1 heterocycles. The summed E-state index contributed by atoms with van der Waals surface area (Å²) in [7, 11) is 0. The van der Waals surface area contributed by atoms with Crippen LogP contribution >= 0.6 is 0 Å². The van der Waals surface area contributed by atoms with Crippen molar-refractivity contribution in [3.05, 3.63) is 36.4 Å². The standard InChI is InChI=1S/C11H11NO3/c1-2-10(13)12-6-8-4-3-5-9-11(8)15-7-14-9/h2-5H,1,6-7H2,(H,12,13). The molecule has 1 aromatic carbocycles. The van der Waals surface area contributed by atoms with Crippen molar-refractivity contribution in [2.45, 2.75) is 6.54 Å². The molecular formula is C11H11NO3. The fraction of sp³-hybridized carbons (Fsp3) is 0.182. The summed E-state index contributed by atoms with van der Waals surface area (Å²) in [6, 6.07) is 5.58. The summed E-state index contributed by atoms with van der Waals surface area (Å²) in [4.78, 5) is 11.0. The first-order valence-electron chi connectivity index (χ1n) is 4.59. The molecule has 0 saturated carbocycles. The lowest BCUT2D eigenvalue weighted by Crippen LogP contribution is -2.20. The molecule has 0 fully saturated rings. The molecular weight excluding hydrogens is 194 g/mol. The van der Waals surface area contributed by atoms with Crippen molar-refractivity contribution < 1.29 is 14.3 Å². The highest BCUT2D eigenvalue weighted by Gasteiger charge is 2.16. The van der Waals surface area contributed by atoms with E-state index in [2.05, 4.69) is 11.9 Å². The van der Waals surface area contributed by atoms with Gasteiger partial charge in [-0.15, -0.1) is 0 Å². The van der Waals surface area contributed by atoms with E-state index in [9.17, 15) is 4.79 Å². The van der Waals surface area contributed by atoms with Crippen LogP contribution in [-0.4, -0.2) is 12.7 Å². The Bertz CT molecular complexity index is 401. The predicted octanol–water partition coefficient (Wildman–Crippen LogP) is 1.22. The maximum atomic E-state index is 11.0. The van der Waals surface area contributed by atoms with Crippen molar-refractivity contribution in [3.8, 4) is 11.5 Å². The normalized spacial score (nSPS) is 12.3. The number of benzene rings is 1. The molecule has 0 bridgehead atoms. The molecule has 0 atom stereocenters. The van der Waals surface area contributed by atoms with E-state index < -0.39 is 0 Å². The minimum absolute atomic E-state index is 0.202. The summed E-state index contributed by atoms with van der Waals surface area (Å²) in [6.45, 7) is 4.03. The first kappa shape index (κ1) is 9.58. The zero-order valence-corrected chi connectivity index (χ0v) is 8.16. The summed E-state index contributed by atoms with van der Waals surface area (Å²) in [5.74, 6) is 1.23. The van der Waals surface area contributed by atoms with Gasteiger partial charge in [0.25, 0.3) is 0 Å². The van der Waals surface area contributed by atoms with Crippen LogP contribution in [0.15, 0.2) is 30.9 Å². The summed E-state index contributed by atoms with van der Waals surface area (Å²) < 4.78 is 10.5. The van der Waals surface area contributed by atoms with Gasteiger partial charge in [0.2, 0.25) is 12.7 Å². The zero-order chi connectivity index (χ0) is 10.7. The van der Waals surface area contributed by atoms with Crippen LogP contribution in [0, 0.1) is 0 Å². The third-order valence-electron chi connectivity index (χ3n) is 2.12. The van der Waals surface area contributed by atoms with Gasteiger partial charge < -0.3 is 14.8 Å². The number of amides is 1. The summed E-state index contributed by atoms with van der Waals surface area (Å²) in [5, 5.41) is 2.69. The van der Waals surface area contributed by atoms with Crippen molar-refractivity contribution in [2.24, 2.45) is 0 Å². The summed E-state index contributed by atoms with van der Waals surface area (Å²) in [6.07, 6.45) is 1.24. The van der Waals surface area contributed by atoms with Gasteiger partial charge >= 0.3 is 0 Å². The number of rotatable bonds is 3. The Kier molecular flexibility index (Phi) is 2.58. The Hall–Kier alpha value is -1.97. The van der Waals surface area contributed by atoms with Gasteiger partial charge in [-0.25, -0.2) is 0 Å². The lowest BCUT2D eigenvalue weighted by atomic mass is 10.2. The highest BCUT2D eigenvalue weighted by molar-refractivity contribution is 5.86. The highest BCUT2D eigenvalue weighted by Crippen LogP contribution is 2.35. The molecule has 1 amide bonds. The van der Waals surface area contributed by atoms with Gasteiger partial charge in [-0.05, 0) is 12.1 Å². The second-order valence-electron chi connectivity index (χ2n) is 3.07. The Morgan fingerprint density at radius 2 is 2.40 bits per heavy atom. The molecule has 15 heavy (non-hydrogen) atoms. The summed E-state index contributed by atoms with van der Waals surface area (Å²) >= 11 is 0. The Balaban J connectivity index is 2.12. The molecule has 1 aliphatic rings. The Morgan fingerprint density at radius 1 is 1.53 bits per heavy atom. The SMILES string of the molecule is C=CC(=O)NCc1cccc2c1OCO2.